The lowest BCUT2D eigenvalue weighted by Gasteiger charge is -2.28. The average Bonchev–Trinajstić information content (AvgIpc) is 3.04. The molecule has 8 heteroatoms. The van der Waals surface area contributed by atoms with Crippen LogP contribution in [0.3, 0.4) is 0 Å². The molecular formula is C24H26BrFN2O4. The van der Waals surface area contributed by atoms with Gasteiger partial charge in [0.2, 0.25) is 0 Å². The third kappa shape index (κ3) is 4.71. The number of amides is 1. The molecule has 0 saturated carbocycles. The fourth-order valence-electron chi connectivity index (χ4n) is 3.86. The maximum Gasteiger partial charge on any atom is 0.295 e. The van der Waals surface area contributed by atoms with E-state index >= 15 is 0 Å². The zero-order valence-corrected chi connectivity index (χ0v) is 19.9. The number of carbonyl (C=O) groups is 2. The Balaban J connectivity index is 2.10. The summed E-state index contributed by atoms with van der Waals surface area (Å²) in [6.45, 7) is 6.54. The van der Waals surface area contributed by atoms with Crippen molar-refractivity contribution in [2.75, 3.05) is 33.3 Å². The predicted molar refractivity (Wildman–Crippen MR) is 124 cm³/mol. The van der Waals surface area contributed by atoms with E-state index in [0.29, 0.717) is 34.4 Å². The molecule has 0 radical (unpaired) electrons. The van der Waals surface area contributed by atoms with Crippen LogP contribution in [-0.2, 0) is 9.59 Å². The van der Waals surface area contributed by atoms with Crippen molar-refractivity contribution in [3.8, 4) is 5.75 Å². The summed E-state index contributed by atoms with van der Waals surface area (Å²) in [7, 11) is 1.52. The topological polar surface area (TPSA) is 70.1 Å². The number of methoxy groups -OCH3 is 1. The van der Waals surface area contributed by atoms with Crippen molar-refractivity contribution in [2.45, 2.75) is 19.9 Å². The molecule has 1 amide bonds. The second kappa shape index (κ2) is 10.3. The summed E-state index contributed by atoms with van der Waals surface area (Å²) in [6, 6.07) is 9.72. The average molecular weight is 505 g/mol. The van der Waals surface area contributed by atoms with Gasteiger partial charge in [0.15, 0.2) is 0 Å². The lowest BCUT2D eigenvalue weighted by Crippen LogP contribution is -2.38. The van der Waals surface area contributed by atoms with Gasteiger partial charge in [-0.25, -0.2) is 4.39 Å². The Morgan fingerprint density at radius 2 is 1.81 bits per heavy atom. The first-order valence-electron chi connectivity index (χ1n) is 10.4. The Labute approximate surface area is 195 Å². The molecule has 0 aliphatic carbocycles. The highest BCUT2D eigenvalue weighted by atomic mass is 79.9. The zero-order chi connectivity index (χ0) is 23.4. The summed E-state index contributed by atoms with van der Waals surface area (Å²) >= 11 is 3.38. The summed E-state index contributed by atoms with van der Waals surface area (Å²) in [5, 5.41) is 11.1. The van der Waals surface area contributed by atoms with Crippen LogP contribution < -0.4 is 4.74 Å². The monoisotopic (exact) mass is 504 g/mol. The zero-order valence-electron chi connectivity index (χ0n) is 18.3. The molecule has 170 valence electrons. The van der Waals surface area contributed by atoms with Gasteiger partial charge in [0.25, 0.3) is 11.7 Å². The molecule has 1 aliphatic heterocycles. The van der Waals surface area contributed by atoms with Gasteiger partial charge in [-0.3, -0.25) is 9.59 Å². The highest BCUT2D eigenvalue weighted by Gasteiger charge is 2.46. The van der Waals surface area contributed by atoms with Crippen LogP contribution in [0.25, 0.3) is 5.76 Å². The maximum atomic E-state index is 13.6. The lowest BCUT2D eigenvalue weighted by atomic mass is 9.95. The number of hydrogen-bond acceptors (Lipinski definition) is 5. The van der Waals surface area contributed by atoms with Gasteiger partial charge >= 0.3 is 0 Å². The van der Waals surface area contributed by atoms with Gasteiger partial charge in [0.1, 0.15) is 17.3 Å². The van der Waals surface area contributed by atoms with Gasteiger partial charge in [-0.2, -0.15) is 0 Å². The number of likely N-dealkylation sites (N-methyl/N-ethyl adjacent to an activating group) is 1. The van der Waals surface area contributed by atoms with Crippen molar-refractivity contribution in [3.63, 3.8) is 0 Å². The van der Waals surface area contributed by atoms with E-state index in [1.165, 1.54) is 36.3 Å². The summed E-state index contributed by atoms with van der Waals surface area (Å²) in [5.74, 6) is -1.58. The second-order valence-electron chi connectivity index (χ2n) is 7.42. The van der Waals surface area contributed by atoms with E-state index in [-0.39, 0.29) is 11.3 Å². The van der Waals surface area contributed by atoms with E-state index in [0.717, 1.165) is 13.1 Å². The van der Waals surface area contributed by atoms with Crippen molar-refractivity contribution >= 4 is 33.4 Å². The number of likely N-dealkylation sites (tertiary alicyclic amines) is 1. The van der Waals surface area contributed by atoms with Crippen LogP contribution in [0.2, 0.25) is 0 Å². The molecule has 1 unspecified atom stereocenters. The van der Waals surface area contributed by atoms with Crippen molar-refractivity contribution in [3.05, 3.63) is 69.5 Å². The molecule has 1 N–H and O–H groups in total. The van der Waals surface area contributed by atoms with E-state index in [9.17, 15) is 19.1 Å². The first-order valence-corrected chi connectivity index (χ1v) is 11.2. The molecule has 0 bridgehead atoms. The number of ketones is 1. The Bertz CT molecular complexity index is 1030. The number of rotatable bonds is 8. The summed E-state index contributed by atoms with van der Waals surface area (Å²) < 4.78 is 19.4. The molecule has 0 spiro atoms. The summed E-state index contributed by atoms with van der Waals surface area (Å²) in [4.78, 5) is 29.6. The minimum absolute atomic E-state index is 0.0155. The fraction of sp³-hybridized carbons (Fsp3) is 0.333. The number of benzene rings is 2. The smallest absolute Gasteiger partial charge is 0.295 e. The molecule has 1 fully saturated rings. The Kier molecular flexibility index (Phi) is 7.69. The van der Waals surface area contributed by atoms with E-state index in [4.69, 9.17) is 4.74 Å². The van der Waals surface area contributed by atoms with Crippen LogP contribution in [0.5, 0.6) is 5.75 Å². The third-order valence-electron chi connectivity index (χ3n) is 5.70. The molecule has 1 aliphatic rings. The van der Waals surface area contributed by atoms with E-state index in [2.05, 4.69) is 20.8 Å². The molecule has 1 saturated heterocycles. The molecule has 32 heavy (non-hydrogen) atoms. The Morgan fingerprint density at radius 3 is 2.38 bits per heavy atom. The van der Waals surface area contributed by atoms with Crippen LogP contribution in [0.4, 0.5) is 4.39 Å². The minimum Gasteiger partial charge on any atom is -0.507 e. The van der Waals surface area contributed by atoms with Crippen molar-refractivity contribution < 1.29 is 23.8 Å². The van der Waals surface area contributed by atoms with E-state index in [1.54, 1.807) is 18.2 Å². The van der Waals surface area contributed by atoms with Gasteiger partial charge < -0.3 is 19.6 Å². The van der Waals surface area contributed by atoms with Gasteiger partial charge in [0.05, 0.1) is 23.2 Å². The number of ether oxygens (including phenoxy) is 1. The van der Waals surface area contributed by atoms with Crippen molar-refractivity contribution in [2.24, 2.45) is 0 Å². The molecule has 2 aromatic rings. The van der Waals surface area contributed by atoms with Crippen LogP contribution >= 0.6 is 15.9 Å². The van der Waals surface area contributed by atoms with E-state index < -0.39 is 23.5 Å². The lowest BCUT2D eigenvalue weighted by molar-refractivity contribution is -0.140. The standard InChI is InChI=1S/C24H26BrFN2O4/c1-4-27(5-2)12-13-28-21(15-6-9-17(26)10-7-15)20(23(30)24(28)31)22(29)16-8-11-19(32-3)18(25)14-16/h6-11,14,21,29H,4-5,12-13H2,1-3H3/b22-20-. The van der Waals surface area contributed by atoms with Crippen LogP contribution in [0.1, 0.15) is 31.0 Å². The molecule has 3 rings (SSSR count). The number of aliphatic hydroxyl groups is 1. The van der Waals surface area contributed by atoms with Gasteiger partial charge in [-0.15, -0.1) is 0 Å². The summed E-state index contributed by atoms with van der Waals surface area (Å²) in [6.07, 6.45) is 0. The molecular weight excluding hydrogens is 479 g/mol. The Morgan fingerprint density at radius 1 is 1.16 bits per heavy atom. The first-order chi connectivity index (χ1) is 15.3. The number of nitrogens with zero attached hydrogens (tertiary/aromatic N) is 2. The summed E-state index contributed by atoms with van der Waals surface area (Å²) in [5.41, 5.74) is 0.907. The van der Waals surface area contributed by atoms with E-state index in [1.807, 2.05) is 13.8 Å². The largest absolute Gasteiger partial charge is 0.507 e. The molecule has 2 aromatic carbocycles. The minimum atomic E-state index is -0.813. The molecule has 6 nitrogen and oxygen atoms in total. The number of hydrogen-bond donors (Lipinski definition) is 1. The highest BCUT2D eigenvalue weighted by Crippen LogP contribution is 2.40. The van der Waals surface area contributed by atoms with Crippen molar-refractivity contribution in [1.29, 1.82) is 0 Å². The highest BCUT2D eigenvalue weighted by molar-refractivity contribution is 9.10. The normalized spacial score (nSPS) is 17.9. The SMILES string of the molecule is CCN(CC)CCN1C(=O)C(=O)/C(=C(\O)c2ccc(OC)c(Br)c2)C1c1ccc(F)cc1. The van der Waals surface area contributed by atoms with Gasteiger partial charge in [-0.1, -0.05) is 26.0 Å². The van der Waals surface area contributed by atoms with Gasteiger partial charge in [-0.05, 0) is 64.9 Å². The number of halogens is 2. The van der Waals surface area contributed by atoms with Crippen LogP contribution in [0.15, 0.2) is 52.5 Å². The number of Topliss-reactive ketones (excluding diaryl/α,β-unsaturated/α-hetero) is 1. The fourth-order valence-corrected chi connectivity index (χ4v) is 4.40. The molecule has 0 aromatic heterocycles. The number of aliphatic hydroxyl groups excluding tert-OH is 1. The van der Waals surface area contributed by atoms with Crippen LogP contribution in [-0.4, -0.2) is 59.9 Å². The third-order valence-corrected chi connectivity index (χ3v) is 6.32. The predicted octanol–water partition coefficient (Wildman–Crippen LogP) is 4.36. The van der Waals surface area contributed by atoms with Crippen molar-refractivity contribution in [1.82, 2.24) is 9.80 Å². The maximum absolute atomic E-state index is 13.6. The first kappa shape index (κ1) is 23.9. The van der Waals surface area contributed by atoms with Crippen LogP contribution in [0, 0.1) is 5.82 Å². The Hall–Kier alpha value is -2.71. The second-order valence-corrected chi connectivity index (χ2v) is 8.27. The van der Waals surface area contributed by atoms with Gasteiger partial charge in [0, 0.05) is 18.7 Å². The molecule has 1 heterocycles. The quantitative estimate of drug-likeness (QED) is 0.328. The molecule has 1 atom stereocenters. The number of carbonyl (C=O) groups excluding carboxylic acids is 2.